The van der Waals surface area contributed by atoms with Crippen LogP contribution in [0.5, 0.6) is 5.75 Å². The number of aromatic nitrogens is 5. The van der Waals surface area contributed by atoms with Crippen LogP contribution in [0, 0.1) is 46.9 Å². The minimum absolute atomic E-state index is 0.0376. The zero-order chi connectivity index (χ0) is 42.2. The number of methoxy groups -OCH3 is 1. The van der Waals surface area contributed by atoms with E-state index < -0.39 is 18.7 Å². The first-order valence-electron chi connectivity index (χ1n) is 20.0. The van der Waals surface area contributed by atoms with Crippen molar-refractivity contribution < 1.29 is 33.2 Å². The SMILES string of the molecule is COCC#Cc1cnc(-c2cn(CC3OCC(C)(C)CO3)nn2)c(OC(C)C[N+](N)=NC(=NCC2OCC(C)(C)CO2)c2ncc(C#CCN3CC(C)(C)C3)cc2C)c1. The summed E-state index contributed by atoms with van der Waals surface area (Å²) >= 11 is 0. The maximum absolute atomic E-state index is 6.58. The van der Waals surface area contributed by atoms with Gasteiger partial charge in [-0.1, -0.05) is 70.4 Å². The van der Waals surface area contributed by atoms with Crippen molar-refractivity contribution >= 4 is 5.84 Å². The molecule has 0 bridgehead atoms. The fraction of sp³-hybridized carbons (Fsp3) is 0.605. The number of hydrazine groups is 1. The predicted octanol–water partition coefficient (Wildman–Crippen LogP) is 4.09. The summed E-state index contributed by atoms with van der Waals surface area (Å²) < 4.78 is 37.0. The van der Waals surface area contributed by atoms with E-state index in [-0.39, 0.29) is 30.5 Å². The molecule has 0 radical (unpaired) electrons. The second-order valence-corrected chi connectivity index (χ2v) is 17.9. The Morgan fingerprint density at radius 2 is 1.58 bits per heavy atom. The monoisotopic (exact) mass is 811 g/mol. The molecule has 3 aromatic heterocycles. The van der Waals surface area contributed by atoms with Gasteiger partial charge in [-0.3, -0.25) is 14.9 Å². The molecule has 0 aliphatic carbocycles. The molecule has 59 heavy (non-hydrogen) atoms. The van der Waals surface area contributed by atoms with Crippen LogP contribution in [0.25, 0.3) is 11.4 Å². The summed E-state index contributed by atoms with van der Waals surface area (Å²) in [5.74, 6) is 19.9. The molecule has 16 nitrogen and oxygen atoms in total. The Bertz CT molecular complexity index is 2100. The number of ether oxygens (including phenoxy) is 6. The molecule has 3 saturated heterocycles. The summed E-state index contributed by atoms with van der Waals surface area (Å²) in [7, 11) is 1.59. The normalized spacial score (nSPS) is 20.2. The predicted molar refractivity (Wildman–Crippen MR) is 220 cm³/mol. The maximum Gasteiger partial charge on any atom is 0.244 e. The van der Waals surface area contributed by atoms with E-state index in [4.69, 9.17) is 49.4 Å². The summed E-state index contributed by atoms with van der Waals surface area (Å²) in [6.07, 6.45) is 3.77. The molecule has 0 spiro atoms. The van der Waals surface area contributed by atoms with Gasteiger partial charge < -0.3 is 28.4 Å². The number of aliphatic imine (C=N–C) groups is 1. The molecule has 6 heterocycles. The lowest BCUT2D eigenvalue weighted by atomic mass is 9.84. The highest BCUT2D eigenvalue weighted by Crippen LogP contribution is 2.30. The number of nitrogens with two attached hydrogens (primary N) is 1. The lowest BCUT2D eigenvalue weighted by molar-refractivity contribution is -0.605. The second-order valence-electron chi connectivity index (χ2n) is 17.9. The first-order valence-corrected chi connectivity index (χ1v) is 20.0. The lowest BCUT2D eigenvalue weighted by Crippen LogP contribution is -2.52. The number of hydrogen-bond acceptors (Lipinski definition) is 12. The number of azo groups is 1. The molecule has 2 N–H and O–H groups in total. The molecule has 3 aromatic rings. The standard InChI is InChI=1S/C43H59N10O6/c1-30-16-32(12-10-14-51-24-41(3,4)25-51)18-45-38(30)40(47-20-36-55-26-42(5,6)27-56-36)49-53(44)21-31(2)59-35-17-33(13-11-15-54-9)19-46-39(35)34-22-52(50-48-34)23-37-57-28-43(7,8)29-58-37/h16-19,22,31,36-37H,14-15,20-21,23-29H2,1-9H3,(H2,44,47,49)/q+1. The third-order valence-electron chi connectivity index (χ3n) is 9.57. The molecule has 316 valence electrons. The van der Waals surface area contributed by atoms with E-state index in [1.165, 1.54) is 4.81 Å². The van der Waals surface area contributed by atoms with Gasteiger partial charge in [0.2, 0.25) is 12.4 Å². The minimum Gasteiger partial charge on any atom is -0.481 e. The Kier molecular flexibility index (Phi) is 14.1. The van der Waals surface area contributed by atoms with Crippen LogP contribution < -0.4 is 10.6 Å². The van der Waals surface area contributed by atoms with Gasteiger partial charge in [0.25, 0.3) is 0 Å². The van der Waals surface area contributed by atoms with Crippen LogP contribution in [0.2, 0.25) is 0 Å². The van der Waals surface area contributed by atoms with Crippen LogP contribution in [0.15, 0.2) is 40.8 Å². The third kappa shape index (κ3) is 12.8. The number of aryl methyl sites for hydroxylation is 1. The topological polar surface area (TPSA) is 169 Å². The van der Waals surface area contributed by atoms with Crippen LogP contribution in [-0.4, -0.2) is 132 Å². The van der Waals surface area contributed by atoms with Crippen LogP contribution in [0.1, 0.15) is 70.9 Å². The van der Waals surface area contributed by atoms with E-state index in [1.54, 1.807) is 30.4 Å². The summed E-state index contributed by atoms with van der Waals surface area (Å²) in [6, 6.07) is 3.81. The average Bonchev–Trinajstić information content (AvgIpc) is 3.62. The third-order valence-corrected chi connectivity index (χ3v) is 9.57. The van der Waals surface area contributed by atoms with Gasteiger partial charge in [0.1, 0.15) is 29.4 Å². The van der Waals surface area contributed by atoms with Crippen LogP contribution in [0.4, 0.5) is 0 Å². The Labute approximate surface area is 347 Å². The molecule has 16 heteroatoms. The van der Waals surface area contributed by atoms with E-state index in [2.05, 4.69) is 85.4 Å². The Morgan fingerprint density at radius 3 is 2.24 bits per heavy atom. The first-order chi connectivity index (χ1) is 28.0. The lowest BCUT2D eigenvalue weighted by Gasteiger charge is -2.44. The molecule has 0 aromatic carbocycles. The van der Waals surface area contributed by atoms with Crippen molar-refractivity contribution in [3.8, 4) is 40.8 Å². The second kappa shape index (κ2) is 19.1. The first kappa shape index (κ1) is 43.8. The molecule has 0 amide bonds. The fourth-order valence-corrected chi connectivity index (χ4v) is 6.72. The quantitative estimate of drug-likeness (QED) is 0.0530. The molecular formula is C43H59N10O6+. The van der Waals surface area contributed by atoms with Crippen molar-refractivity contribution in [3.05, 3.63) is 53.1 Å². The average molecular weight is 812 g/mol. The molecule has 3 aliphatic heterocycles. The Morgan fingerprint density at radius 1 is 0.932 bits per heavy atom. The number of amidine groups is 1. The van der Waals surface area contributed by atoms with Gasteiger partial charge in [-0.2, -0.15) is 5.84 Å². The van der Waals surface area contributed by atoms with Gasteiger partial charge in [0.15, 0.2) is 18.7 Å². The van der Waals surface area contributed by atoms with Crippen molar-refractivity contribution in [2.24, 2.45) is 32.2 Å². The number of rotatable bonds is 12. The molecular weight excluding hydrogens is 753 g/mol. The van der Waals surface area contributed by atoms with Crippen molar-refractivity contribution in [3.63, 3.8) is 0 Å². The number of nitrogens with zero attached hydrogens (tertiary/aromatic N) is 9. The highest BCUT2D eigenvalue weighted by Gasteiger charge is 2.33. The van der Waals surface area contributed by atoms with E-state index in [1.807, 2.05) is 26.0 Å². The number of likely N-dealkylation sites (tertiary alicyclic amines) is 1. The number of hydrogen-bond donors (Lipinski definition) is 1. The Hall–Kier alpha value is -4.81. The van der Waals surface area contributed by atoms with Crippen molar-refractivity contribution in [1.82, 2.24) is 29.9 Å². The zero-order valence-electron chi connectivity index (χ0n) is 35.9. The van der Waals surface area contributed by atoms with Gasteiger partial charge >= 0.3 is 0 Å². The molecule has 6 rings (SSSR count). The molecule has 1 unspecified atom stereocenters. The molecule has 0 saturated carbocycles. The number of pyridine rings is 2. The van der Waals surface area contributed by atoms with Crippen LogP contribution in [-0.2, 0) is 30.2 Å². The smallest absolute Gasteiger partial charge is 0.244 e. The zero-order valence-corrected chi connectivity index (χ0v) is 35.9. The summed E-state index contributed by atoms with van der Waals surface area (Å²) in [5.41, 5.74) is 4.14. The van der Waals surface area contributed by atoms with Crippen LogP contribution >= 0.6 is 0 Å². The summed E-state index contributed by atoms with van der Waals surface area (Å²) in [6.45, 7) is 23.0. The van der Waals surface area contributed by atoms with Crippen molar-refractivity contribution in [1.29, 1.82) is 0 Å². The van der Waals surface area contributed by atoms with Gasteiger partial charge in [-0.15, -0.1) is 5.10 Å². The van der Waals surface area contributed by atoms with Crippen LogP contribution in [0.3, 0.4) is 0 Å². The Balaban J connectivity index is 1.19. The molecule has 3 fully saturated rings. The van der Waals surface area contributed by atoms with E-state index in [9.17, 15) is 0 Å². The summed E-state index contributed by atoms with van der Waals surface area (Å²) in [4.78, 5) is 17.9. The van der Waals surface area contributed by atoms with Gasteiger partial charge in [0, 0.05) is 59.7 Å². The van der Waals surface area contributed by atoms with Gasteiger partial charge in [-0.05, 0) is 41.8 Å². The summed E-state index contributed by atoms with van der Waals surface area (Å²) in [5, 5.41) is 13.4. The van der Waals surface area contributed by atoms with Gasteiger partial charge in [-0.25, -0.2) is 9.67 Å². The highest BCUT2D eigenvalue weighted by atomic mass is 16.7. The minimum atomic E-state index is -0.517. The fourth-order valence-electron chi connectivity index (χ4n) is 6.72. The van der Waals surface area contributed by atoms with Crippen molar-refractivity contribution in [2.75, 3.05) is 72.9 Å². The van der Waals surface area contributed by atoms with E-state index >= 15 is 0 Å². The molecule has 3 aliphatic rings. The largest absolute Gasteiger partial charge is 0.481 e. The van der Waals surface area contributed by atoms with Crippen molar-refractivity contribution in [2.45, 2.75) is 80.6 Å². The maximum atomic E-state index is 6.58. The van der Waals surface area contributed by atoms with E-state index in [0.29, 0.717) is 72.6 Å². The van der Waals surface area contributed by atoms with Gasteiger partial charge in [0.05, 0.1) is 52.3 Å². The molecule has 1 atom stereocenters. The van der Waals surface area contributed by atoms with E-state index in [0.717, 1.165) is 30.8 Å². The highest BCUT2D eigenvalue weighted by molar-refractivity contribution is 5.98.